The average Bonchev–Trinajstić information content (AvgIpc) is 2.87. The van der Waals surface area contributed by atoms with Crippen molar-refractivity contribution in [3.63, 3.8) is 0 Å². The first-order valence-corrected chi connectivity index (χ1v) is 9.37. The van der Waals surface area contributed by atoms with Crippen LogP contribution in [0.2, 0.25) is 0 Å². The Morgan fingerprint density at radius 3 is 2.10 bits per heavy atom. The zero-order chi connectivity index (χ0) is 14.1. The molecule has 0 aromatic rings. The smallest absolute Gasteiger partial charge is 0.216 e. The Bertz CT molecular complexity index is 464. The van der Waals surface area contributed by atoms with E-state index in [0.29, 0.717) is 11.8 Å². The summed E-state index contributed by atoms with van der Waals surface area (Å²) < 4.78 is 0. The Morgan fingerprint density at radius 2 is 1.33 bits per heavy atom. The summed E-state index contributed by atoms with van der Waals surface area (Å²) in [7, 11) is 0. The summed E-state index contributed by atoms with van der Waals surface area (Å²) in [5, 5.41) is 11.6. The highest BCUT2D eigenvalue weighted by atomic mass is 16.6. The first-order chi connectivity index (χ1) is 10.2. The van der Waals surface area contributed by atoms with Gasteiger partial charge in [-0.3, -0.25) is 10.1 Å². The van der Waals surface area contributed by atoms with E-state index in [2.05, 4.69) is 0 Å². The lowest BCUT2D eigenvalue weighted by atomic mass is 9.46. The molecule has 9 atom stereocenters. The van der Waals surface area contributed by atoms with Crippen molar-refractivity contribution in [3.8, 4) is 0 Å². The van der Waals surface area contributed by atoms with Gasteiger partial charge < -0.3 is 0 Å². The van der Waals surface area contributed by atoms with Crippen molar-refractivity contribution in [2.45, 2.75) is 63.8 Å². The zero-order valence-electron chi connectivity index (χ0n) is 12.8. The molecule has 0 bridgehead atoms. The molecule has 9 unspecified atom stereocenters. The maximum absolute atomic E-state index is 11.6. The maximum Gasteiger partial charge on any atom is 0.216 e. The number of nitrogens with zero attached hydrogens (tertiary/aromatic N) is 1. The minimum absolute atomic E-state index is 0.0987. The van der Waals surface area contributed by atoms with Crippen molar-refractivity contribution >= 4 is 0 Å². The molecule has 5 saturated carbocycles. The Kier molecular flexibility index (Phi) is 2.74. The normalized spacial score (nSPS) is 57.6. The maximum atomic E-state index is 11.6. The van der Waals surface area contributed by atoms with Gasteiger partial charge in [0.15, 0.2) is 0 Å². The van der Waals surface area contributed by atoms with Crippen LogP contribution in [0.25, 0.3) is 0 Å². The Balaban J connectivity index is 1.55. The third-order valence-corrected chi connectivity index (χ3v) is 8.41. The van der Waals surface area contributed by atoms with Crippen LogP contribution in [0.5, 0.6) is 0 Å². The fourth-order valence-electron chi connectivity index (χ4n) is 7.99. The number of hydrogen-bond donors (Lipinski definition) is 0. The predicted molar refractivity (Wildman–Crippen MR) is 80.3 cm³/mol. The van der Waals surface area contributed by atoms with E-state index in [4.69, 9.17) is 0 Å². The first kappa shape index (κ1) is 12.9. The monoisotopic (exact) mass is 289 g/mol. The topological polar surface area (TPSA) is 43.1 Å². The van der Waals surface area contributed by atoms with Crippen LogP contribution in [0.1, 0.15) is 57.8 Å². The molecular formula is C18H27NO2. The van der Waals surface area contributed by atoms with E-state index in [1.54, 1.807) is 0 Å². The summed E-state index contributed by atoms with van der Waals surface area (Å²) in [6.07, 6.45) is 12.0. The lowest BCUT2D eigenvalue weighted by molar-refractivity contribution is -0.531. The second-order valence-electron chi connectivity index (χ2n) is 8.85. The van der Waals surface area contributed by atoms with Gasteiger partial charge in [0.1, 0.15) is 0 Å². The molecule has 5 rings (SSSR count). The van der Waals surface area contributed by atoms with Gasteiger partial charge in [-0.15, -0.1) is 0 Å². The summed E-state index contributed by atoms with van der Waals surface area (Å²) in [4.78, 5) is 11.7. The molecule has 0 aromatic carbocycles. The van der Waals surface area contributed by atoms with E-state index in [-0.39, 0.29) is 11.0 Å². The second-order valence-corrected chi connectivity index (χ2v) is 8.85. The van der Waals surface area contributed by atoms with Crippen LogP contribution in [-0.4, -0.2) is 11.0 Å². The van der Waals surface area contributed by atoms with Gasteiger partial charge in [0.05, 0.1) is 0 Å². The molecule has 116 valence electrons. The lowest BCUT2D eigenvalue weighted by Crippen LogP contribution is -2.53. The molecule has 0 spiro atoms. The first-order valence-electron chi connectivity index (χ1n) is 9.37. The quantitative estimate of drug-likeness (QED) is 0.538. The fraction of sp³-hybridized carbons (Fsp3) is 1.00. The lowest BCUT2D eigenvalue weighted by Gasteiger charge is -2.59. The van der Waals surface area contributed by atoms with Crippen LogP contribution in [0, 0.1) is 57.5 Å². The highest BCUT2D eigenvalue weighted by Gasteiger charge is 2.63. The van der Waals surface area contributed by atoms with Gasteiger partial charge in [-0.05, 0) is 73.5 Å². The van der Waals surface area contributed by atoms with Gasteiger partial charge in [0, 0.05) is 17.3 Å². The van der Waals surface area contributed by atoms with E-state index in [0.717, 1.165) is 41.9 Å². The Labute approximate surface area is 127 Å². The van der Waals surface area contributed by atoms with Crippen LogP contribution in [0.15, 0.2) is 0 Å². The average molecular weight is 289 g/mol. The molecule has 5 fully saturated rings. The van der Waals surface area contributed by atoms with Crippen molar-refractivity contribution in [2.24, 2.45) is 47.3 Å². The molecule has 5 aliphatic rings. The van der Waals surface area contributed by atoms with Gasteiger partial charge in [0.2, 0.25) is 6.04 Å². The molecular weight excluding hydrogens is 262 g/mol. The largest absolute Gasteiger partial charge is 0.264 e. The van der Waals surface area contributed by atoms with E-state index in [1.165, 1.54) is 51.4 Å². The number of hydrogen-bond acceptors (Lipinski definition) is 2. The van der Waals surface area contributed by atoms with Gasteiger partial charge in [-0.1, -0.05) is 19.3 Å². The summed E-state index contributed by atoms with van der Waals surface area (Å²) >= 11 is 0. The number of rotatable bonds is 1. The van der Waals surface area contributed by atoms with Crippen LogP contribution in [0.3, 0.4) is 0 Å². The van der Waals surface area contributed by atoms with Crippen LogP contribution < -0.4 is 0 Å². The highest BCUT2D eigenvalue weighted by Crippen LogP contribution is 2.66. The molecule has 5 aliphatic carbocycles. The summed E-state index contributed by atoms with van der Waals surface area (Å²) in [5.41, 5.74) is 0. The van der Waals surface area contributed by atoms with Gasteiger partial charge in [-0.2, -0.15) is 0 Å². The van der Waals surface area contributed by atoms with E-state index < -0.39 is 0 Å². The standard InChI is InChI=1S/C18H27NO2/c20-19(21)15-9-13-7-6-11-5-4-10-2-1-3-12-8-14(15)17(13)18(11)16(10)12/h10-18H,1-9H2. The van der Waals surface area contributed by atoms with Gasteiger partial charge in [-0.25, -0.2) is 0 Å². The van der Waals surface area contributed by atoms with Crippen LogP contribution in [-0.2, 0) is 0 Å². The minimum atomic E-state index is -0.193. The number of nitro groups is 1. The molecule has 0 saturated heterocycles. The fourth-order valence-corrected chi connectivity index (χ4v) is 7.99. The Hall–Kier alpha value is -0.600. The highest BCUT2D eigenvalue weighted by molar-refractivity contribution is 5.09. The van der Waals surface area contributed by atoms with E-state index in [1.807, 2.05) is 0 Å². The SMILES string of the molecule is O=[N+]([O-])C1CC2CCC3CCC4CCCC5CC1C2C3C45. The molecule has 0 amide bonds. The zero-order valence-corrected chi connectivity index (χ0v) is 12.8. The molecule has 0 aromatic heterocycles. The second kappa shape index (κ2) is 4.45. The van der Waals surface area contributed by atoms with Gasteiger partial charge >= 0.3 is 0 Å². The molecule has 3 nitrogen and oxygen atoms in total. The summed E-state index contributed by atoms with van der Waals surface area (Å²) in [5.74, 6) is 6.49. The third kappa shape index (κ3) is 1.66. The van der Waals surface area contributed by atoms with Crippen molar-refractivity contribution in [1.82, 2.24) is 0 Å². The summed E-state index contributed by atoms with van der Waals surface area (Å²) in [6.45, 7) is 0. The van der Waals surface area contributed by atoms with Crippen molar-refractivity contribution < 1.29 is 4.92 Å². The van der Waals surface area contributed by atoms with Crippen LogP contribution >= 0.6 is 0 Å². The van der Waals surface area contributed by atoms with Crippen molar-refractivity contribution in [2.75, 3.05) is 0 Å². The molecule has 0 N–H and O–H groups in total. The van der Waals surface area contributed by atoms with Gasteiger partial charge in [0.25, 0.3) is 0 Å². The van der Waals surface area contributed by atoms with Crippen molar-refractivity contribution in [3.05, 3.63) is 10.1 Å². The van der Waals surface area contributed by atoms with Crippen LogP contribution in [0.4, 0.5) is 0 Å². The molecule has 21 heavy (non-hydrogen) atoms. The van der Waals surface area contributed by atoms with Crippen molar-refractivity contribution in [1.29, 1.82) is 0 Å². The Morgan fingerprint density at radius 1 is 0.714 bits per heavy atom. The molecule has 3 heteroatoms. The molecule has 0 radical (unpaired) electrons. The predicted octanol–water partition coefficient (Wildman–Crippen LogP) is 4.14. The minimum Gasteiger partial charge on any atom is -0.264 e. The summed E-state index contributed by atoms with van der Waals surface area (Å²) in [6, 6.07) is -0.193. The molecule has 0 heterocycles. The third-order valence-electron chi connectivity index (χ3n) is 8.41. The van der Waals surface area contributed by atoms with E-state index in [9.17, 15) is 10.1 Å². The molecule has 0 aliphatic heterocycles. The van der Waals surface area contributed by atoms with E-state index >= 15 is 0 Å².